The van der Waals surface area contributed by atoms with Crippen molar-refractivity contribution in [3.63, 3.8) is 0 Å². The Morgan fingerprint density at radius 2 is 2.67 bits per heavy atom. The van der Waals surface area contributed by atoms with Gasteiger partial charge < -0.3 is 10.8 Å². The molecule has 3 heteroatoms. The first-order valence-corrected chi connectivity index (χ1v) is 2.74. The van der Waals surface area contributed by atoms with Gasteiger partial charge in [-0.15, -0.1) is 0 Å². The number of carboxylic acids is 1. The highest BCUT2D eigenvalue weighted by molar-refractivity contribution is 5.73. The summed E-state index contributed by atoms with van der Waals surface area (Å²) in [6.07, 6.45) is 0.340. The second kappa shape index (κ2) is 3.45. The summed E-state index contributed by atoms with van der Waals surface area (Å²) in [6, 6.07) is -1.94. The average Bonchev–Trinajstić information content (AvgIpc) is 1.88. The molecule has 0 saturated carbocycles. The quantitative estimate of drug-likeness (QED) is 0.587. The Hall–Kier alpha value is -0.570. The van der Waals surface area contributed by atoms with E-state index in [1.165, 1.54) is 0 Å². The van der Waals surface area contributed by atoms with Crippen LogP contribution in [0.4, 0.5) is 0 Å². The van der Waals surface area contributed by atoms with Gasteiger partial charge in [-0.2, -0.15) is 0 Å². The van der Waals surface area contributed by atoms with Crippen LogP contribution < -0.4 is 5.73 Å². The molecule has 0 saturated heterocycles. The van der Waals surface area contributed by atoms with Crippen LogP contribution in [0.3, 0.4) is 0 Å². The summed E-state index contributed by atoms with van der Waals surface area (Å²) in [4.78, 5) is 10.4. The van der Waals surface area contributed by atoms with E-state index in [0.717, 1.165) is 0 Å². The van der Waals surface area contributed by atoms with Gasteiger partial charge in [0.05, 0.1) is 1.37 Å². The highest BCUT2D eigenvalue weighted by Crippen LogP contribution is 2.04. The minimum Gasteiger partial charge on any atom is -0.480 e. The molecule has 0 aliphatic heterocycles. The zero-order valence-corrected chi connectivity index (χ0v) is 5.42. The van der Waals surface area contributed by atoms with Crippen LogP contribution in [0.15, 0.2) is 0 Å². The molecule has 9 heavy (non-hydrogen) atoms. The first kappa shape index (κ1) is 5.23. The third kappa shape index (κ3) is 2.46. The molecule has 0 radical (unpaired) electrons. The van der Waals surface area contributed by atoms with Crippen molar-refractivity contribution in [2.45, 2.75) is 26.3 Å². The van der Waals surface area contributed by atoms with Crippen LogP contribution in [-0.2, 0) is 4.79 Å². The van der Waals surface area contributed by atoms with Crippen molar-refractivity contribution >= 4 is 5.97 Å². The highest BCUT2D eigenvalue weighted by atomic mass is 16.4. The van der Waals surface area contributed by atoms with Crippen LogP contribution in [0.2, 0.25) is 0 Å². The molecule has 2 atom stereocenters. The molecule has 0 bridgehead atoms. The van der Waals surface area contributed by atoms with Crippen molar-refractivity contribution in [1.82, 2.24) is 0 Å². The van der Waals surface area contributed by atoms with E-state index in [2.05, 4.69) is 0 Å². The van der Waals surface area contributed by atoms with Crippen LogP contribution in [0.5, 0.6) is 0 Å². The van der Waals surface area contributed by atoms with Gasteiger partial charge in [0.2, 0.25) is 0 Å². The Kier molecular flexibility index (Phi) is 2.01. The molecule has 3 nitrogen and oxygen atoms in total. The molecule has 0 aliphatic carbocycles. The largest absolute Gasteiger partial charge is 0.480 e. The van der Waals surface area contributed by atoms with Crippen molar-refractivity contribution < 1.29 is 12.6 Å². The summed E-state index contributed by atoms with van der Waals surface area (Å²) in [7, 11) is 0. The summed E-state index contributed by atoms with van der Waals surface area (Å²) < 4.78 is 14.0. The van der Waals surface area contributed by atoms with Crippen LogP contribution in [0, 0.1) is 5.92 Å². The number of hydrogen-bond donors (Lipinski definition) is 2. The molecule has 3 N–H and O–H groups in total. The zero-order valence-electron chi connectivity index (χ0n) is 7.42. The molecule has 0 fully saturated rings. The number of carbonyl (C=O) groups is 1. The number of hydrogen-bond acceptors (Lipinski definition) is 2. The van der Waals surface area contributed by atoms with E-state index in [9.17, 15) is 4.79 Å². The van der Waals surface area contributed by atoms with Gasteiger partial charge in [-0.25, -0.2) is 0 Å². The van der Waals surface area contributed by atoms with Crippen LogP contribution in [0.25, 0.3) is 0 Å². The van der Waals surface area contributed by atoms with Crippen molar-refractivity contribution in [2.24, 2.45) is 11.7 Å². The molecular weight excluding hydrogens is 118 g/mol. The van der Waals surface area contributed by atoms with E-state index in [0.29, 0.717) is 6.42 Å². The van der Waals surface area contributed by atoms with Gasteiger partial charge in [-0.1, -0.05) is 20.2 Å². The normalized spacial score (nSPS) is 23.3. The maximum absolute atomic E-state index is 10.4. The SMILES string of the molecule is [2H]CC[C@H](C)[C@]([2H])(N)C(=O)O. The lowest BCUT2D eigenvalue weighted by molar-refractivity contribution is -0.139. The molecule has 0 heterocycles. The standard InChI is InChI=1S/C6H13NO2/c1-3-4(2)5(7)6(8)9/h4-5H,3,7H2,1-2H3,(H,8,9)/t4-,5-/m0/s1/i1D,5D. The van der Waals surface area contributed by atoms with Gasteiger partial charge in [0.25, 0.3) is 0 Å². The van der Waals surface area contributed by atoms with E-state index in [1.54, 1.807) is 6.92 Å². The molecule has 0 aromatic heterocycles. The Morgan fingerprint density at radius 3 is 3.00 bits per heavy atom. The molecule has 0 aliphatic rings. The Morgan fingerprint density at radius 1 is 2.11 bits per heavy atom. The maximum Gasteiger partial charge on any atom is 0.320 e. The smallest absolute Gasteiger partial charge is 0.320 e. The molecule has 0 spiro atoms. The number of carboxylic acid groups (broad SMARTS) is 1. The third-order valence-corrected chi connectivity index (χ3v) is 1.21. The average molecular weight is 133 g/mol. The fourth-order valence-corrected chi connectivity index (χ4v) is 0.366. The maximum atomic E-state index is 10.4. The van der Waals surface area contributed by atoms with Crippen molar-refractivity contribution in [3.05, 3.63) is 0 Å². The Bertz CT molecular complexity index is 150. The predicted octanol–water partition coefficient (Wildman–Crippen LogP) is 0.444. The van der Waals surface area contributed by atoms with E-state index >= 15 is 0 Å². The van der Waals surface area contributed by atoms with Crippen LogP contribution in [0.1, 0.15) is 23.0 Å². The fraction of sp³-hybridized carbons (Fsp3) is 0.833. The van der Waals surface area contributed by atoms with E-state index in [4.69, 9.17) is 13.6 Å². The highest BCUT2D eigenvalue weighted by Gasteiger charge is 2.17. The third-order valence-electron chi connectivity index (χ3n) is 1.21. The van der Waals surface area contributed by atoms with Gasteiger partial charge in [0, 0.05) is 1.37 Å². The topological polar surface area (TPSA) is 63.3 Å². The van der Waals surface area contributed by atoms with Gasteiger partial charge in [-0.05, 0) is 5.92 Å². The van der Waals surface area contributed by atoms with Crippen LogP contribution in [-0.4, -0.2) is 17.1 Å². The molecule has 0 rings (SSSR count). The molecule has 0 unspecified atom stereocenters. The lowest BCUT2D eigenvalue weighted by atomic mass is 10.0. The summed E-state index contributed by atoms with van der Waals surface area (Å²) in [6.45, 7) is 1.67. The second-order valence-electron chi connectivity index (χ2n) is 1.95. The van der Waals surface area contributed by atoms with E-state index < -0.39 is 17.9 Å². The minimum absolute atomic E-state index is 0.103. The summed E-state index contributed by atoms with van der Waals surface area (Å²) in [5.74, 6) is -1.82. The lowest BCUT2D eigenvalue weighted by Crippen LogP contribution is -2.36. The second-order valence-corrected chi connectivity index (χ2v) is 1.95. The van der Waals surface area contributed by atoms with Crippen LogP contribution >= 0.6 is 0 Å². The summed E-state index contributed by atoms with van der Waals surface area (Å²) in [5, 5.41) is 8.46. The van der Waals surface area contributed by atoms with Gasteiger partial charge >= 0.3 is 5.97 Å². The predicted molar refractivity (Wildman–Crippen MR) is 35.1 cm³/mol. The molecule has 0 aromatic carbocycles. The number of aliphatic carboxylic acids is 1. The summed E-state index contributed by atoms with van der Waals surface area (Å²) in [5.41, 5.74) is 5.17. The Balaban J connectivity index is 4.17. The molecule has 0 aromatic rings. The van der Waals surface area contributed by atoms with E-state index in [-0.39, 0.29) is 6.90 Å². The molecular formula is C6H13NO2. The van der Waals surface area contributed by atoms with Gasteiger partial charge in [-0.3, -0.25) is 4.79 Å². The first-order chi connectivity index (χ1) is 4.92. The van der Waals surface area contributed by atoms with E-state index in [1.807, 2.05) is 0 Å². The lowest BCUT2D eigenvalue weighted by Gasteiger charge is -2.11. The monoisotopic (exact) mass is 133 g/mol. The van der Waals surface area contributed by atoms with Crippen molar-refractivity contribution in [1.29, 1.82) is 0 Å². The van der Waals surface area contributed by atoms with Gasteiger partial charge in [0.15, 0.2) is 0 Å². The molecule has 54 valence electrons. The number of nitrogens with two attached hydrogens (primary N) is 1. The first-order valence-electron chi connectivity index (χ1n) is 3.95. The minimum atomic E-state index is -1.94. The van der Waals surface area contributed by atoms with Crippen molar-refractivity contribution in [3.8, 4) is 0 Å². The summed E-state index contributed by atoms with van der Waals surface area (Å²) >= 11 is 0. The zero-order chi connectivity index (χ0) is 9.07. The fourth-order valence-electron chi connectivity index (χ4n) is 0.366. The molecule has 0 amide bonds. The van der Waals surface area contributed by atoms with Crippen molar-refractivity contribution in [2.75, 3.05) is 0 Å². The Labute approximate surface area is 57.7 Å². The van der Waals surface area contributed by atoms with Gasteiger partial charge in [0.1, 0.15) is 6.02 Å². The number of rotatable bonds is 3.